The highest BCUT2D eigenvalue weighted by Gasteiger charge is 2.32. The predicted molar refractivity (Wildman–Crippen MR) is 142 cm³/mol. The number of nitrogens with one attached hydrogen (secondary N) is 1. The molecule has 0 atom stereocenters. The second-order valence-electron chi connectivity index (χ2n) is 7.43. The Hall–Kier alpha value is 0.600. The van der Waals surface area contributed by atoms with E-state index in [0.717, 1.165) is 26.1 Å². The largest absolute Gasteiger partial charge is 0.354 e. The van der Waals surface area contributed by atoms with E-state index in [9.17, 15) is 0 Å². The molecule has 33 heavy (non-hydrogen) atoms. The molecular weight excluding hydrogens is 617 g/mol. The van der Waals surface area contributed by atoms with Gasteiger partial charge in [0.2, 0.25) is 17.3 Å². The van der Waals surface area contributed by atoms with Crippen LogP contribution in [-0.4, -0.2) is 46.0 Å². The first-order chi connectivity index (χ1) is 15.2. The van der Waals surface area contributed by atoms with Gasteiger partial charge in [-0.15, -0.1) is 0 Å². The third kappa shape index (κ3) is 8.31. The first-order valence-electron chi connectivity index (χ1n) is 9.83. The molecule has 0 aliphatic carbocycles. The fourth-order valence-corrected chi connectivity index (χ4v) is 4.21. The fourth-order valence-electron chi connectivity index (χ4n) is 3.30. The molecule has 3 rings (SSSR count). The Morgan fingerprint density at radius 1 is 0.758 bits per heavy atom. The van der Waals surface area contributed by atoms with E-state index in [1.165, 1.54) is 18.9 Å². The molecule has 0 amide bonds. The monoisotopic (exact) mass is 631 g/mol. The number of alkyl halides is 9. The smallest absolute Gasteiger partial charge is 0.250 e. The summed E-state index contributed by atoms with van der Waals surface area (Å²) in [6.07, 6.45) is 3.37. The van der Waals surface area contributed by atoms with E-state index in [2.05, 4.69) is 25.2 Å². The molecule has 1 aromatic heterocycles. The average Bonchev–Trinajstić information content (AvgIpc) is 3.22. The zero-order valence-corrected chi connectivity index (χ0v) is 23.7. The molecule has 0 radical (unpaired) electrons. The third-order valence-electron chi connectivity index (χ3n) is 4.87. The van der Waals surface area contributed by atoms with Crippen molar-refractivity contribution in [3.05, 3.63) is 35.2 Å². The fraction of sp³-hybridized carbons (Fsp3) is 0.526. The van der Waals surface area contributed by atoms with Crippen molar-refractivity contribution in [3.8, 4) is 11.4 Å². The topological polar surface area (TPSA) is 53.9 Å². The summed E-state index contributed by atoms with van der Waals surface area (Å²) in [6, 6.07) is 4.58. The molecule has 0 spiro atoms. The van der Waals surface area contributed by atoms with Crippen LogP contribution in [0.1, 0.15) is 36.2 Å². The molecule has 1 saturated heterocycles. The minimum absolute atomic E-state index is 0.0748. The number of benzene rings is 1. The van der Waals surface area contributed by atoms with Gasteiger partial charge in [0.25, 0.3) is 0 Å². The molecule has 1 aliphatic heterocycles. The predicted octanol–water partition coefficient (Wildman–Crippen LogP) is 7.92. The Labute approximate surface area is 237 Å². The summed E-state index contributed by atoms with van der Waals surface area (Å²) in [5.74, 6) is 0.312. The molecule has 1 fully saturated rings. The maximum Gasteiger partial charge on any atom is 0.250 e. The van der Waals surface area contributed by atoms with Gasteiger partial charge in [-0.2, -0.15) is 9.97 Å². The summed E-state index contributed by atoms with van der Waals surface area (Å²) in [7, 11) is 0. The van der Waals surface area contributed by atoms with Crippen LogP contribution in [-0.2, 0) is 11.4 Å². The number of anilines is 1. The normalized spacial score (nSPS) is 15.8. The molecule has 2 aromatic rings. The van der Waals surface area contributed by atoms with Crippen LogP contribution in [0.3, 0.4) is 0 Å². The Morgan fingerprint density at radius 3 is 1.85 bits per heavy atom. The Balaban J connectivity index is 1.94. The minimum Gasteiger partial charge on any atom is -0.354 e. The van der Waals surface area contributed by atoms with Crippen molar-refractivity contribution >= 4 is 110 Å². The highest BCUT2D eigenvalue weighted by Crippen LogP contribution is 2.45. The standard InChI is InChI=1S/C19H18Cl9N5/c20-17(21,22)12-8-11(9-13(10-12)18(23,24)25)14-30-15(19(26,27)28)32-16(31-14)29-4-3-7-33-5-1-2-6-33/h8-10H,1-7H2,(H,29,30,31,32). The molecule has 0 unspecified atom stereocenters. The Kier molecular flexibility index (Phi) is 9.67. The van der Waals surface area contributed by atoms with E-state index in [1.54, 1.807) is 12.1 Å². The maximum atomic E-state index is 6.08. The van der Waals surface area contributed by atoms with Crippen molar-refractivity contribution in [1.82, 2.24) is 19.9 Å². The van der Waals surface area contributed by atoms with Gasteiger partial charge < -0.3 is 10.2 Å². The maximum absolute atomic E-state index is 6.08. The van der Waals surface area contributed by atoms with Gasteiger partial charge in [0.15, 0.2) is 11.6 Å². The lowest BCUT2D eigenvalue weighted by atomic mass is 10.1. The summed E-state index contributed by atoms with van der Waals surface area (Å²) in [5, 5.41) is 3.16. The average molecular weight is 635 g/mol. The number of aromatic nitrogens is 3. The van der Waals surface area contributed by atoms with Crippen molar-refractivity contribution in [2.75, 3.05) is 31.5 Å². The zero-order chi connectivity index (χ0) is 24.4. The number of halogens is 9. The second kappa shape index (κ2) is 11.3. The molecular formula is C19H18Cl9N5. The van der Waals surface area contributed by atoms with Gasteiger partial charge in [0.1, 0.15) is 0 Å². The van der Waals surface area contributed by atoms with Crippen LogP contribution in [0.25, 0.3) is 11.4 Å². The number of rotatable bonds is 6. The lowest BCUT2D eigenvalue weighted by molar-refractivity contribution is 0.337. The molecule has 1 N–H and O–H groups in total. The highest BCUT2D eigenvalue weighted by molar-refractivity contribution is 6.68. The molecule has 5 nitrogen and oxygen atoms in total. The van der Waals surface area contributed by atoms with Gasteiger partial charge in [-0.3, -0.25) is 0 Å². The summed E-state index contributed by atoms with van der Waals surface area (Å²) < 4.78 is -5.47. The number of nitrogens with zero attached hydrogens (tertiary/aromatic N) is 4. The molecule has 2 heterocycles. The SMILES string of the molecule is ClC(Cl)(Cl)c1cc(-c2nc(NCCCN3CCCC3)nc(C(Cl)(Cl)Cl)n2)cc(C(Cl)(Cl)Cl)c1. The van der Waals surface area contributed by atoms with Crippen molar-refractivity contribution < 1.29 is 0 Å². The van der Waals surface area contributed by atoms with Crippen molar-refractivity contribution in [2.45, 2.75) is 30.6 Å². The molecule has 0 bridgehead atoms. The molecule has 1 aliphatic rings. The van der Waals surface area contributed by atoms with Crippen LogP contribution < -0.4 is 5.32 Å². The second-order valence-corrected chi connectivity index (χ2v) is 14.3. The summed E-state index contributed by atoms with van der Waals surface area (Å²) in [5.41, 5.74) is 0.891. The van der Waals surface area contributed by atoms with Crippen LogP contribution in [0.5, 0.6) is 0 Å². The first kappa shape index (κ1) is 28.2. The lowest BCUT2D eigenvalue weighted by Crippen LogP contribution is -2.23. The van der Waals surface area contributed by atoms with E-state index >= 15 is 0 Å². The zero-order valence-electron chi connectivity index (χ0n) is 16.9. The van der Waals surface area contributed by atoms with Gasteiger partial charge in [0, 0.05) is 23.2 Å². The number of hydrogen-bond donors (Lipinski definition) is 1. The first-order valence-corrected chi connectivity index (χ1v) is 13.2. The minimum atomic E-state index is -1.89. The van der Waals surface area contributed by atoms with Crippen LogP contribution in [0.2, 0.25) is 0 Å². The van der Waals surface area contributed by atoms with E-state index in [1.807, 2.05) is 0 Å². The quantitative estimate of drug-likeness (QED) is 0.258. The lowest BCUT2D eigenvalue weighted by Gasteiger charge is -2.19. The van der Waals surface area contributed by atoms with Gasteiger partial charge in [0.05, 0.1) is 0 Å². The van der Waals surface area contributed by atoms with Crippen molar-refractivity contribution in [1.29, 1.82) is 0 Å². The highest BCUT2D eigenvalue weighted by atomic mass is 35.6. The van der Waals surface area contributed by atoms with Gasteiger partial charge in [-0.1, -0.05) is 104 Å². The van der Waals surface area contributed by atoms with Crippen LogP contribution >= 0.6 is 104 Å². The van der Waals surface area contributed by atoms with E-state index in [0.29, 0.717) is 12.1 Å². The van der Waals surface area contributed by atoms with E-state index in [-0.39, 0.29) is 28.7 Å². The van der Waals surface area contributed by atoms with E-state index in [4.69, 9.17) is 104 Å². The van der Waals surface area contributed by atoms with Crippen LogP contribution in [0.4, 0.5) is 5.95 Å². The van der Waals surface area contributed by atoms with E-state index < -0.39 is 11.4 Å². The summed E-state index contributed by atoms with van der Waals surface area (Å²) in [6.45, 7) is 3.84. The molecule has 0 saturated carbocycles. The molecule has 1 aromatic carbocycles. The molecule has 182 valence electrons. The van der Waals surface area contributed by atoms with Crippen LogP contribution in [0, 0.1) is 0 Å². The number of hydrogen-bond acceptors (Lipinski definition) is 5. The van der Waals surface area contributed by atoms with Gasteiger partial charge in [-0.05, 0) is 57.1 Å². The summed E-state index contributed by atoms with van der Waals surface area (Å²) >= 11 is 54.7. The van der Waals surface area contributed by atoms with Crippen molar-refractivity contribution in [2.24, 2.45) is 0 Å². The van der Waals surface area contributed by atoms with Gasteiger partial charge in [-0.25, -0.2) is 4.98 Å². The third-order valence-corrected chi connectivity index (χ3v) is 6.68. The Morgan fingerprint density at radius 2 is 1.33 bits per heavy atom. The number of likely N-dealkylation sites (tertiary alicyclic amines) is 1. The molecule has 14 heteroatoms. The van der Waals surface area contributed by atoms with Gasteiger partial charge >= 0.3 is 0 Å². The van der Waals surface area contributed by atoms with Crippen LogP contribution in [0.15, 0.2) is 18.2 Å². The summed E-state index contributed by atoms with van der Waals surface area (Å²) in [4.78, 5) is 15.4. The Bertz CT molecular complexity index is 931. The van der Waals surface area contributed by atoms with Crippen molar-refractivity contribution in [3.63, 3.8) is 0 Å².